The molecule has 0 bridgehead atoms. The Kier molecular flexibility index (Phi) is 5.39. The Morgan fingerprint density at radius 3 is 2.74 bits per heavy atom. The van der Waals surface area contributed by atoms with Gasteiger partial charge in [-0.25, -0.2) is 0 Å². The van der Waals surface area contributed by atoms with Crippen molar-refractivity contribution in [3.05, 3.63) is 17.0 Å². The summed E-state index contributed by atoms with van der Waals surface area (Å²) in [5, 5.41) is 7.85. The molecule has 1 N–H and O–H groups in total. The molecular weight excluding hydrogens is 288 g/mol. The van der Waals surface area contributed by atoms with Crippen molar-refractivity contribution in [1.82, 2.24) is 20.0 Å². The van der Waals surface area contributed by atoms with E-state index in [1.165, 1.54) is 42.6 Å². The highest BCUT2D eigenvalue weighted by Crippen LogP contribution is 2.24. The average Bonchev–Trinajstić information content (AvgIpc) is 2.90. The number of aromatic amines is 1. The van der Waals surface area contributed by atoms with Crippen LogP contribution in [0, 0.1) is 5.41 Å². The lowest BCUT2D eigenvalue weighted by molar-refractivity contribution is 0.0160. The summed E-state index contributed by atoms with van der Waals surface area (Å²) in [7, 11) is 2.23. The Morgan fingerprint density at radius 2 is 1.96 bits per heavy atom. The summed E-state index contributed by atoms with van der Waals surface area (Å²) in [4.78, 5) is 4.97. The standard InChI is InChI=1S/C18H32N4O/c1-18(2,14-22-8-10-23-11-9-22)13-21(3)12-17-15-6-4-5-7-16(15)19-20-17/h4-14H2,1-3H3,(H,19,20). The molecule has 0 amide bonds. The Hall–Kier alpha value is -0.910. The minimum atomic E-state index is 0.280. The molecule has 0 aromatic carbocycles. The molecule has 2 aliphatic rings. The van der Waals surface area contributed by atoms with Gasteiger partial charge in [-0.3, -0.25) is 14.9 Å². The molecule has 1 saturated heterocycles. The molecule has 130 valence electrons. The summed E-state index contributed by atoms with van der Waals surface area (Å²) in [6.45, 7) is 11.8. The molecule has 1 aliphatic heterocycles. The fourth-order valence-electron chi connectivity index (χ4n) is 4.14. The maximum absolute atomic E-state index is 5.45. The van der Waals surface area contributed by atoms with Gasteiger partial charge in [0.15, 0.2) is 0 Å². The third kappa shape index (κ3) is 4.55. The van der Waals surface area contributed by atoms with E-state index in [-0.39, 0.29) is 5.41 Å². The van der Waals surface area contributed by atoms with Crippen LogP contribution in [0.15, 0.2) is 0 Å². The van der Waals surface area contributed by atoms with Crippen LogP contribution in [0.5, 0.6) is 0 Å². The minimum Gasteiger partial charge on any atom is -0.379 e. The lowest BCUT2D eigenvalue weighted by Crippen LogP contribution is -2.45. The van der Waals surface area contributed by atoms with E-state index >= 15 is 0 Å². The molecule has 1 fully saturated rings. The van der Waals surface area contributed by atoms with Crippen LogP contribution in [-0.2, 0) is 24.1 Å². The van der Waals surface area contributed by atoms with E-state index in [9.17, 15) is 0 Å². The lowest BCUT2D eigenvalue weighted by Gasteiger charge is -2.37. The van der Waals surface area contributed by atoms with E-state index in [0.717, 1.165) is 45.9 Å². The summed E-state index contributed by atoms with van der Waals surface area (Å²) < 4.78 is 5.45. The first-order valence-electron chi connectivity index (χ1n) is 9.07. The van der Waals surface area contributed by atoms with Gasteiger partial charge in [-0.05, 0) is 43.7 Å². The fraction of sp³-hybridized carbons (Fsp3) is 0.833. The predicted molar refractivity (Wildman–Crippen MR) is 92.6 cm³/mol. The molecule has 23 heavy (non-hydrogen) atoms. The zero-order chi connectivity index (χ0) is 16.3. The molecule has 5 nitrogen and oxygen atoms in total. The lowest BCUT2D eigenvalue weighted by atomic mass is 9.91. The van der Waals surface area contributed by atoms with Crippen LogP contribution >= 0.6 is 0 Å². The summed E-state index contributed by atoms with van der Waals surface area (Å²) in [6.07, 6.45) is 4.99. The predicted octanol–water partition coefficient (Wildman–Crippen LogP) is 2.08. The van der Waals surface area contributed by atoms with Crippen molar-refractivity contribution in [2.24, 2.45) is 5.41 Å². The summed E-state index contributed by atoms with van der Waals surface area (Å²) >= 11 is 0. The second-order valence-electron chi connectivity index (χ2n) is 8.06. The number of ether oxygens (including phenoxy) is 1. The molecule has 1 aromatic rings. The van der Waals surface area contributed by atoms with Gasteiger partial charge in [-0.15, -0.1) is 0 Å². The topological polar surface area (TPSA) is 44.4 Å². The van der Waals surface area contributed by atoms with Crippen molar-refractivity contribution in [1.29, 1.82) is 0 Å². The molecule has 0 spiro atoms. The van der Waals surface area contributed by atoms with Crippen LogP contribution in [0.2, 0.25) is 0 Å². The van der Waals surface area contributed by atoms with E-state index in [4.69, 9.17) is 4.74 Å². The first-order chi connectivity index (χ1) is 11.0. The van der Waals surface area contributed by atoms with Crippen LogP contribution in [0.3, 0.4) is 0 Å². The van der Waals surface area contributed by atoms with Crippen molar-refractivity contribution < 1.29 is 4.74 Å². The highest BCUT2D eigenvalue weighted by Gasteiger charge is 2.26. The van der Waals surface area contributed by atoms with Gasteiger partial charge in [0.2, 0.25) is 0 Å². The maximum atomic E-state index is 5.45. The molecule has 1 aromatic heterocycles. The molecule has 5 heteroatoms. The van der Waals surface area contributed by atoms with Gasteiger partial charge in [-0.2, -0.15) is 5.10 Å². The Labute approximate surface area is 140 Å². The number of aryl methyl sites for hydroxylation is 1. The third-order valence-corrected chi connectivity index (χ3v) is 5.01. The van der Waals surface area contributed by atoms with E-state index < -0.39 is 0 Å². The molecule has 0 radical (unpaired) electrons. The van der Waals surface area contributed by atoms with Crippen molar-refractivity contribution in [3.8, 4) is 0 Å². The van der Waals surface area contributed by atoms with Crippen LogP contribution in [0.25, 0.3) is 0 Å². The number of H-pyrrole nitrogens is 1. The summed E-state index contributed by atoms with van der Waals surface area (Å²) in [5.74, 6) is 0. The number of rotatable bonds is 6. The van der Waals surface area contributed by atoms with Crippen LogP contribution in [-0.4, -0.2) is 66.4 Å². The van der Waals surface area contributed by atoms with E-state index in [1.54, 1.807) is 0 Å². The highest BCUT2D eigenvalue weighted by atomic mass is 16.5. The molecular formula is C18H32N4O. The van der Waals surface area contributed by atoms with Crippen molar-refractivity contribution in [3.63, 3.8) is 0 Å². The average molecular weight is 320 g/mol. The summed E-state index contributed by atoms with van der Waals surface area (Å²) in [5.41, 5.74) is 4.42. The van der Waals surface area contributed by atoms with Crippen LogP contribution in [0.4, 0.5) is 0 Å². The SMILES string of the molecule is CN(Cc1n[nH]c2c1CCCC2)CC(C)(C)CN1CCOCC1. The van der Waals surface area contributed by atoms with Gasteiger partial charge < -0.3 is 4.74 Å². The number of nitrogens with zero attached hydrogens (tertiary/aromatic N) is 3. The molecule has 1 aliphatic carbocycles. The molecule has 0 atom stereocenters. The van der Waals surface area contributed by atoms with Crippen LogP contribution < -0.4 is 0 Å². The van der Waals surface area contributed by atoms with E-state index in [2.05, 4.69) is 40.9 Å². The zero-order valence-corrected chi connectivity index (χ0v) is 15.0. The quantitative estimate of drug-likeness (QED) is 0.871. The number of hydrogen-bond acceptors (Lipinski definition) is 4. The van der Waals surface area contributed by atoms with Crippen molar-refractivity contribution >= 4 is 0 Å². The smallest absolute Gasteiger partial charge is 0.0796 e. The van der Waals surface area contributed by atoms with E-state index in [1.807, 2.05) is 0 Å². The number of morpholine rings is 1. The monoisotopic (exact) mass is 320 g/mol. The Morgan fingerprint density at radius 1 is 1.22 bits per heavy atom. The van der Waals surface area contributed by atoms with Gasteiger partial charge in [-0.1, -0.05) is 13.8 Å². The second-order valence-corrected chi connectivity index (χ2v) is 8.06. The highest BCUT2D eigenvalue weighted by molar-refractivity contribution is 5.27. The van der Waals surface area contributed by atoms with Gasteiger partial charge in [0, 0.05) is 38.4 Å². The Balaban J connectivity index is 1.53. The van der Waals surface area contributed by atoms with Crippen molar-refractivity contribution in [2.45, 2.75) is 46.1 Å². The molecule has 0 saturated carbocycles. The number of aromatic nitrogens is 2. The normalized spacial score (nSPS) is 20.0. The fourth-order valence-corrected chi connectivity index (χ4v) is 4.14. The molecule has 0 unspecified atom stereocenters. The van der Waals surface area contributed by atoms with E-state index in [0.29, 0.717) is 0 Å². The van der Waals surface area contributed by atoms with Gasteiger partial charge >= 0.3 is 0 Å². The Bertz CT molecular complexity index is 505. The van der Waals surface area contributed by atoms with Crippen LogP contribution in [0.1, 0.15) is 43.6 Å². The molecule has 3 rings (SSSR count). The van der Waals surface area contributed by atoms with Gasteiger partial charge in [0.25, 0.3) is 0 Å². The number of hydrogen-bond donors (Lipinski definition) is 1. The third-order valence-electron chi connectivity index (χ3n) is 5.01. The first kappa shape index (κ1) is 16.9. The van der Waals surface area contributed by atoms with Gasteiger partial charge in [0.05, 0.1) is 18.9 Å². The van der Waals surface area contributed by atoms with Gasteiger partial charge in [0.1, 0.15) is 0 Å². The maximum Gasteiger partial charge on any atom is 0.0796 e. The minimum absolute atomic E-state index is 0.280. The molecule has 2 heterocycles. The number of fused-ring (bicyclic) bond motifs is 1. The largest absolute Gasteiger partial charge is 0.379 e. The summed E-state index contributed by atoms with van der Waals surface area (Å²) in [6, 6.07) is 0. The number of nitrogens with one attached hydrogen (secondary N) is 1. The first-order valence-corrected chi connectivity index (χ1v) is 9.07. The zero-order valence-electron chi connectivity index (χ0n) is 15.0. The second kappa shape index (κ2) is 7.32. The van der Waals surface area contributed by atoms with Crippen molar-refractivity contribution in [2.75, 3.05) is 46.4 Å².